The molecule has 27 heavy (non-hydrogen) atoms. The van der Waals surface area contributed by atoms with Gasteiger partial charge in [0.2, 0.25) is 11.9 Å². The van der Waals surface area contributed by atoms with E-state index < -0.39 is 0 Å². The monoisotopic (exact) mass is 368 g/mol. The second-order valence-corrected chi connectivity index (χ2v) is 6.38. The van der Waals surface area contributed by atoms with E-state index in [1.54, 1.807) is 18.5 Å². The molecule has 0 saturated carbocycles. The number of urea groups is 1. The molecular formula is C19H24N6O2. The largest absolute Gasteiger partial charge is 0.338 e. The Kier molecular flexibility index (Phi) is 6.19. The molecule has 8 nitrogen and oxygen atoms in total. The molecule has 3 amide bonds. The summed E-state index contributed by atoms with van der Waals surface area (Å²) in [4.78, 5) is 35.8. The van der Waals surface area contributed by atoms with Crippen molar-refractivity contribution in [2.75, 3.05) is 42.9 Å². The van der Waals surface area contributed by atoms with E-state index in [0.717, 1.165) is 30.8 Å². The summed E-state index contributed by atoms with van der Waals surface area (Å²) in [6.07, 6.45) is 4.19. The molecule has 0 spiro atoms. The molecule has 0 aliphatic carbocycles. The normalized spacial score (nSPS) is 14.0. The topological polar surface area (TPSA) is 90.5 Å². The van der Waals surface area contributed by atoms with E-state index in [9.17, 15) is 9.59 Å². The van der Waals surface area contributed by atoms with Gasteiger partial charge in [-0.25, -0.2) is 14.8 Å². The quantitative estimate of drug-likeness (QED) is 0.835. The standard InChI is InChI=1S/C19H24N6O2/c1-15(26)23-17-5-3-16(4-6-17)7-10-22-19(27)25-13-11-24(12-14-25)18-20-8-2-9-21-18/h2-6,8-9H,7,10-14H2,1H3,(H,22,27)(H,23,26). The van der Waals surface area contributed by atoms with Crippen molar-refractivity contribution < 1.29 is 9.59 Å². The van der Waals surface area contributed by atoms with E-state index in [-0.39, 0.29) is 11.9 Å². The number of nitrogens with one attached hydrogen (secondary N) is 2. The molecule has 2 N–H and O–H groups in total. The maximum atomic E-state index is 12.3. The first-order chi connectivity index (χ1) is 13.1. The molecule has 1 aliphatic rings. The van der Waals surface area contributed by atoms with Gasteiger partial charge in [0.25, 0.3) is 0 Å². The maximum absolute atomic E-state index is 12.3. The molecule has 2 heterocycles. The summed E-state index contributed by atoms with van der Waals surface area (Å²) >= 11 is 0. The Morgan fingerprint density at radius 2 is 1.70 bits per heavy atom. The van der Waals surface area contributed by atoms with Crippen LogP contribution in [0.3, 0.4) is 0 Å². The highest BCUT2D eigenvalue weighted by Crippen LogP contribution is 2.11. The molecule has 1 saturated heterocycles. The van der Waals surface area contributed by atoms with Gasteiger partial charge in [0.15, 0.2) is 0 Å². The fourth-order valence-corrected chi connectivity index (χ4v) is 2.95. The molecule has 142 valence electrons. The maximum Gasteiger partial charge on any atom is 0.317 e. The molecule has 1 aromatic heterocycles. The fraction of sp³-hybridized carbons (Fsp3) is 0.368. The van der Waals surface area contributed by atoms with Crippen molar-refractivity contribution in [1.82, 2.24) is 20.2 Å². The minimum absolute atomic E-state index is 0.0431. The van der Waals surface area contributed by atoms with E-state index in [2.05, 4.69) is 25.5 Å². The average Bonchev–Trinajstić information content (AvgIpc) is 2.69. The smallest absolute Gasteiger partial charge is 0.317 e. The second kappa shape index (κ2) is 8.98. The third-order valence-electron chi connectivity index (χ3n) is 4.37. The van der Waals surface area contributed by atoms with Crippen LogP contribution in [0.1, 0.15) is 12.5 Å². The number of anilines is 2. The van der Waals surface area contributed by atoms with Crippen molar-refractivity contribution in [1.29, 1.82) is 0 Å². The van der Waals surface area contributed by atoms with Crippen LogP contribution < -0.4 is 15.5 Å². The van der Waals surface area contributed by atoms with Gasteiger partial charge in [-0.3, -0.25) is 4.79 Å². The minimum atomic E-state index is -0.0889. The van der Waals surface area contributed by atoms with E-state index in [4.69, 9.17) is 0 Å². The molecule has 0 unspecified atom stereocenters. The Hall–Kier alpha value is -3.16. The summed E-state index contributed by atoms with van der Waals surface area (Å²) in [5, 5.41) is 5.71. The Morgan fingerprint density at radius 3 is 2.33 bits per heavy atom. The van der Waals surface area contributed by atoms with Gasteiger partial charge in [0, 0.05) is 57.7 Å². The zero-order chi connectivity index (χ0) is 19.1. The number of aromatic nitrogens is 2. The minimum Gasteiger partial charge on any atom is -0.338 e. The lowest BCUT2D eigenvalue weighted by molar-refractivity contribution is -0.114. The van der Waals surface area contributed by atoms with E-state index in [1.165, 1.54) is 6.92 Å². The first kappa shape index (κ1) is 18.6. The fourth-order valence-electron chi connectivity index (χ4n) is 2.95. The van der Waals surface area contributed by atoms with Crippen LogP contribution in [0.2, 0.25) is 0 Å². The Balaban J connectivity index is 1.39. The highest BCUT2D eigenvalue weighted by Gasteiger charge is 2.22. The predicted molar refractivity (Wildman–Crippen MR) is 104 cm³/mol. The summed E-state index contributed by atoms with van der Waals surface area (Å²) in [5.74, 6) is 0.620. The molecule has 1 fully saturated rings. The number of nitrogens with zero attached hydrogens (tertiary/aromatic N) is 4. The molecular weight excluding hydrogens is 344 g/mol. The van der Waals surface area contributed by atoms with E-state index in [0.29, 0.717) is 25.6 Å². The third kappa shape index (κ3) is 5.40. The van der Waals surface area contributed by atoms with Gasteiger partial charge in [-0.2, -0.15) is 0 Å². The van der Waals surface area contributed by atoms with Crippen molar-refractivity contribution in [2.24, 2.45) is 0 Å². The number of carbonyl (C=O) groups is 2. The van der Waals surface area contributed by atoms with Gasteiger partial charge in [0.05, 0.1) is 0 Å². The van der Waals surface area contributed by atoms with E-state index >= 15 is 0 Å². The highest BCUT2D eigenvalue weighted by molar-refractivity contribution is 5.88. The molecule has 8 heteroatoms. The average molecular weight is 368 g/mol. The summed E-state index contributed by atoms with van der Waals surface area (Å²) in [7, 11) is 0. The molecule has 3 rings (SSSR count). The van der Waals surface area contributed by atoms with E-state index in [1.807, 2.05) is 29.2 Å². The summed E-state index contributed by atoms with van der Waals surface area (Å²) in [6, 6.07) is 9.39. The van der Waals surface area contributed by atoms with Crippen molar-refractivity contribution in [3.05, 3.63) is 48.3 Å². The molecule has 1 aliphatic heterocycles. The lowest BCUT2D eigenvalue weighted by atomic mass is 10.1. The van der Waals surface area contributed by atoms with Crippen LogP contribution in [-0.2, 0) is 11.2 Å². The highest BCUT2D eigenvalue weighted by atomic mass is 16.2. The van der Waals surface area contributed by atoms with Crippen LogP contribution in [0.5, 0.6) is 0 Å². The molecule has 0 atom stereocenters. The first-order valence-corrected chi connectivity index (χ1v) is 9.03. The van der Waals surface area contributed by atoms with Crippen LogP contribution in [0, 0.1) is 0 Å². The number of rotatable bonds is 5. The molecule has 0 bridgehead atoms. The van der Waals surface area contributed by atoms with Gasteiger partial charge in [-0.05, 0) is 30.2 Å². The van der Waals surface area contributed by atoms with Crippen LogP contribution >= 0.6 is 0 Å². The van der Waals surface area contributed by atoms with Crippen molar-refractivity contribution in [3.63, 3.8) is 0 Å². The Morgan fingerprint density at radius 1 is 1.04 bits per heavy atom. The summed E-state index contributed by atoms with van der Waals surface area (Å²) in [5.41, 5.74) is 1.88. The number of benzene rings is 1. The molecule has 2 aromatic rings. The lowest BCUT2D eigenvalue weighted by Crippen LogP contribution is -2.52. The number of hydrogen-bond donors (Lipinski definition) is 2. The van der Waals surface area contributed by atoms with Crippen LogP contribution in [0.25, 0.3) is 0 Å². The van der Waals surface area contributed by atoms with Gasteiger partial charge in [0.1, 0.15) is 0 Å². The molecule has 0 radical (unpaired) electrons. The van der Waals surface area contributed by atoms with Gasteiger partial charge < -0.3 is 20.4 Å². The lowest BCUT2D eigenvalue weighted by Gasteiger charge is -2.34. The van der Waals surface area contributed by atoms with Gasteiger partial charge >= 0.3 is 6.03 Å². The predicted octanol–water partition coefficient (Wildman–Crippen LogP) is 1.51. The van der Waals surface area contributed by atoms with Crippen molar-refractivity contribution in [2.45, 2.75) is 13.3 Å². The van der Waals surface area contributed by atoms with Crippen molar-refractivity contribution >= 4 is 23.6 Å². The van der Waals surface area contributed by atoms with Crippen molar-refractivity contribution in [3.8, 4) is 0 Å². The Bertz CT molecular complexity index is 758. The molecule has 1 aromatic carbocycles. The number of carbonyl (C=O) groups excluding carboxylic acids is 2. The zero-order valence-electron chi connectivity index (χ0n) is 15.4. The summed E-state index contributed by atoms with van der Waals surface area (Å²) in [6.45, 7) is 4.80. The third-order valence-corrected chi connectivity index (χ3v) is 4.37. The number of piperazine rings is 1. The van der Waals surface area contributed by atoms with Crippen LogP contribution in [-0.4, -0.2) is 59.5 Å². The number of hydrogen-bond acceptors (Lipinski definition) is 5. The van der Waals surface area contributed by atoms with Crippen LogP contribution in [0.15, 0.2) is 42.7 Å². The zero-order valence-corrected chi connectivity index (χ0v) is 15.4. The number of amides is 3. The van der Waals surface area contributed by atoms with Gasteiger partial charge in [-0.15, -0.1) is 0 Å². The second-order valence-electron chi connectivity index (χ2n) is 6.38. The SMILES string of the molecule is CC(=O)Nc1ccc(CCNC(=O)N2CCN(c3ncccn3)CC2)cc1. The summed E-state index contributed by atoms with van der Waals surface area (Å²) < 4.78 is 0. The van der Waals surface area contributed by atoms with Crippen LogP contribution in [0.4, 0.5) is 16.4 Å². The first-order valence-electron chi connectivity index (χ1n) is 9.03. The van der Waals surface area contributed by atoms with Gasteiger partial charge in [-0.1, -0.05) is 12.1 Å². The Labute approximate surface area is 158 Å².